The van der Waals surface area contributed by atoms with Gasteiger partial charge in [0.25, 0.3) is 0 Å². The normalized spacial score (nSPS) is 10.4. The molecule has 0 saturated heterocycles. The second-order valence-corrected chi connectivity index (χ2v) is 4.54. The minimum Gasteiger partial charge on any atom is -0.478 e. The van der Waals surface area contributed by atoms with E-state index in [1.807, 2.05) is 0 Å². The molecule has 2 aromatic rings. The highest BCUT2D eigenvalue weighted by atomic mass is 16.6. The molecule has 7 nitrogen and oxygen atoms in total. The Morgan fingerprint density at radius 3 is 2.76 bits per heavy atom. The lowest BCUT2D eigenvalue weighted by molar-refractivity contribution is -0.386. The van der Waals surface area contributed by atoms with E-state index < -0.39 is 10.9 Å². The number of rotatable bonds is 5. The van der Waals surface area contributed by atoms with Gasteiger partial charge in [0.15, 0.2) is 5.76 Å². The lowest BCUT2D eigenvalue weighted by atomic mass is 10.1. The molecule has 0 radical (unpaired) electrons. The molecule has 0 atom stereocenters. The van der Waals surface area contributed by atoms with Crippen LogP contribution < -0.4 is 4.74 Å². The highest BCUT2D eigenvalue weighted by Gasteiger charge is 2.20. The van der Waals surface area contributed by atoms with Crippen LogP contribution in [0.1, 0.15) is 27.2 Å². The molecule has 0 spiro atoms. The third-order valence-electron chi connectivity index (χ3n) is 2.92. The second-order valence-electron chi connectivity index (χ2n) is 4.54. The SMILES string of the molecule is Cc1cc(C)c(OCc2occc2C(=O)O)c([N+](=O)[O-])c1. The topological polar surface area (TPSA) is 103 Å². The molecule has 1 N–H and O–H groups in total. The van der Waals surface area contributed by atoms with Crippen LogP contribution in [-0.4, -0.2) is 16.0 Å². The molecule has 1 heterocycles. The van der Waals surface area contributed by atoms with E-state index in [0.717, 1.165) is 5.56 Å². The van der Waals surface area contributed by atoms with E-state index in [-0.39, 0.29) is 29.4 Å². The van der Waals surface area contributed by atoms with E-state index in [1.165, 1.54) is 18.4 Å². The molecule has 0 bridgehead atoms. The molecule has 2 rings (SSSR count). The fourth-order valence-electron chi connectivity index (χ4n) is 2.04. The fourth-order valence-corrected chi connectivity index (χ4v) is 2.04. The summed E-state index contributed by atoms with van der Waals surface area (Å²) in [5.41, 5.74) is 1.17. The van der Waals surface area contributed by atoms with Crippen molar-refractivity contribution >= 4 is 11.7 Å². The van der Waals surface area contributed by atoms with E-state index >= 15 is 0 Å². The van der Waals surface area contributed by atoms with Crippen molar-refractivity contribution in [3.63, 3.8) is 0 Å². The van der Waals surface area contributed by atoms with Crippen molar-refractivity contribution < 1.29 is 24.0 Å². The first-order chi connectivity index (χ1) is 9.90. The number of nitro benzene ring substituents is 1. The quantitative estimate of drug-likeness (QED) is 0.670. The zero-order valence-corrected chi connectivity index (χ0v) is 11.5. The Balaban J connectivity index is 2.30. The standard InChI is InChI=1S/C14H13NO6/c1-8-5-9(2)13(11(6-8)15(18)19)21-7-12-10(14(16)17)3-4-20-12/h3-6H,7H2,1-2H3,(H,16,17). The Kier molecular flexibility index (Phi) is 3.93. The van der Waals surface area contributed by atoms with Crippen LogP contribution in [-0.2, 0) is 6.61 Å². The van der Waals surface area contributed by atoms with Crippen molar-refractivity contribution in [1.82, 2.24) is 0 Å². The fraction of sp³-hybridized carbons (Fsp3) is 0.214. The number of nitro groups is 1. The number of carboxylic acid groups (broad SMARTS) is 1. The zero-order chi connectivity index (χ0) is 15.6. The van der Waals surface area contributed by atoms with Crippen molar-refractivity contribution in [2.75, 3.05) is 0 Å². The zero-order valence-electron chi connectivity index (χ0n) is 11.5. The average molecular weight is 291 g/mol. The van der Waals surface area contributed by atoms with Crippen LogP contribution in [0.2, 0.25) is 0 Å². The molecule has 0 fully saturated rings. The van der Waals surface area contributed by atoms with Crippen molar-refractivity contribution in [1.29, 1.82) is 0 Å². The summed E-state index contributed by atoms with van der Waals surface area (Å²) in [4.78, 5) is 21.5. The van der Waals surface area contributed by atoms with Gasteiger partial charge in [-0.2, -0.15) is 0 Å². The molecule has 1 aromatic heterocycles. The average Bonchev–Trinajstić information content (AvgIpc) is 2.85. The van der Waals surface area contributed by atoms with Crippen LogP contribution in [0.3, 0.4) is 0 Å². The van der Waals surface area contributed by atoms with Crippen molar-refractivity contribution in [2.45, 2.75) is 20.5 Å². The number of furan rings is 1. The minimum atomic E-state index is -1.14. The van der Waals surface area contributed by atoms with Gasteiger partial charge in [-0.3, -0.25) is 10.1 Å². The number of carbonyl (C=O) groups is 1. The highest BCUT2D eigenvalue weighted by molar-refractivity contribution is 5.88. The summed E-state index contributed by atoms with van der Waals surface area (Å²) in [5, 5.41) is 20.0. The van der Waals surface area contributed by atoms with Gasteiger partial charge in [-0.15, -0.1) is 0 Å². The Morgan fingerprint density at radius 2 is 2.14 bits per heavy atom. The van der Waals surface area contributed by atoms with Crippen LogP contribution >= 0.6 is 0 Å². The van der Waals surface area contributed by atoms with Gasteiger partial charge in [0.2, 0.25) is 5.75 Å². The Hall–Kier alpha value is -2.83. The summed E-state index contributed by atoms with van der Waals surface area (Å²) in [6.07, 6.45) is 1.23. The molecule has 110 valence electrons. The van der Waals surface area contributed by atoms with E-state index in [4.69, 9.17) is 14.3 Å². The number of hydrogen-bond donors (Lipinski definition) is 1. The summed E-state index contributed by atoms with van der Waals surface area (Å²) in [5.74, 6) is -0.924. The molecular weight excluding hydrogens is 278 g/mol. The number of hydrogen-bond acceptors (Lipinski definition) is 5. The first-order valence-electron chi connectivity index (χ1n) is 6.08. The summed E-state index contributed by atoms with van der Waals surface area (Å²) in [6, 6.07) is 4.46. The number of ether oxygens (including phenoxy) is 1. The van der Waals surface area contributed by atoms with Gasteiger partial charge < -0.3 is 14.3 Å². The van der Waals surface area contributed by atoms with Gasteiger partial charge in [0.1, 0.15) is 12.2 Å². The molecule has 1 aromatic carbocycles. The molecule has 0 aliphatic heterocycles. The second kappa shape index (κ2) is 5.66. The predicted molar refractivity (Wildman–Crippen MR) is 72.6 cm³/mol. The van der Waals surface area contributed by atoms with Crippen LogP contribution in [0.5, 0.6) is 5.75 Å². The van der Waals surface area contributed by atoms with Crippen molar-refractivity contribution in [2.24, 2.45) is 0 Å². The predicted octanol–water partition coefficient (Wildman–Crippen LogP) is 3.08. The van der Waals surface area contributed by atoms with Crippen LogP contribution in [0.25, 0.3) is 0 Å². The smallest absolute Gasteiger partial charge is 0.339 e. The molecule has 0 aliphatic rings. The highest BCUT2D eigenvalue weighted by Crippen LogP contribution is 2.32. The molecule has 0 saturated carbocycles. The van der Waals surface area contributed by atoms with E-state index in [0.29, 0.717) is 5.56 Å². The van der Waals surface area contributed by atoms with Crippen LogP contribution in [0.15, 0.2) is 28.9 Å². The Bertz CT molecular complexity index is 703. The molecule has 7 heteroatoms. The van der Waals surface area contributed by atoms with Gasteiger partial charge in [-0.25, -0.2) is 4.79 Å². The number of carboxylic acids is 1. The summed E-state index contributed by atoms with van der Waals surface area (Å²) in [6.45, 7) is 3.24. The van der Waals surface area contributed by atoms with Gasteiger partial charge in [0.05, 0.1) is 11.2 Å². The van der Waals surface area contributed by atoms with E-state index in [2.05, 4.69) is 0 Å². The lowest BCUT2D eigenvalue weighted by Crippen LogP contribution is -2.05. The minimum absolute atomic E-state index is 0.0255. The number of nitrogens with zero attached hydrogens (tertiary/aromatic N) is 1. The monoisotopic (exact) mass is 291 g/mol. The third kappa shape index (κ3) is 3.02. The van der Waals surface area contributed by atoms with Gasteiger partial charge in [-0.1, -0.05) is 6.07 Å². The first-order valence-corrected chi connectivity index (χ1v) is 6.08. The van der Waals surface area contributed by atoms with Gasteiger partial charge in [0, 0.05) is 6.07 Å². The van der Waals surface area contributed by atoms with E-state index in [1.54, 1.807) is 19.9 Å². The lowest BCUT2D eigenvalue weighted by Gasteiger charge is -2.09. The van der Waals surface area contributed by atoms with Gasteiger partial charge in [-0.05, 0) is 31.0 Å². The van der Waals surface area contributed by atoms with Gasteiger partial charge >= 0.3 is 11.7 Å². The Labute approximate surface area is 119 Å². The van der Waals surface area contributed by atoms with Crippen molar-refractivity contribution in [3.05, 3.63) is 57.0 Å². The number of aryl methyl sites for hydroxylation is 2. The maximum absolute atomic E-state index is 11.1. The molecule has 21 heavy (non-hydrogen) atoms. The summed E-state index contributed by atoms with van der Waals surface area (Å²) in [7, 11) is 0. The molecule has 0 unspecified atom stereocenters. The maximum Gasteiger partial charge on any atom is 0.339 e. The maximum atomic E-state index is 11.1. The Morgan fingerprint density at radius 1 is 1.43 bits per heavy atom. The molecule has 0 aliphatic carbocycles. The summed E-state index contributed by atoms with van der Waals surface area (Å²) < 4.78 is 10.5. The van der Waals surface area contributed by atoms with Crippen molar-refractivity contribution in [3.8, 4) is 5.75 Å². The van der Waals surface area contributed by atoms with E-state index in [9.17, 15) is 14.9 Å². The number of aromatic carboxylic acids is 1. The van der Waals surface area contributed by atoms with Crippen LogP contribution in [0, 0.1) is 24.0 Å². The molecule has 0 amide bonds. The third-order valence-corrected chi connectivity index (χ3v) is 2.92. The first kappa shape index (κ1) is 14.6. The molecular formula is C14H13NO6. The summed E-state index contributed by atoms with van der Waals surface area (Å²) >= 11 is 0. The largest absolute Gasteiger partial charge is 0.478 e. The number of benzene rings is 1. The van der Waals surface area contributed by atoms with Crippen LogP contribution in [0.4, 0.5) is 5.69 Å².